The molecule has 1 saturated carbocycles. The smallest absolute Gasteiger partial charge is 0.275 e. The highest BCUT2D eigenvalue weighted by molar-refractivity contribution is 7.16. The summed E-state index contributed by atoms with van der Waals surface area (Å²) in [5, 5.41) is 5.45. The van der Waals surface area contributed by atoms with Gasteiger partial charge in [-0.3, -0.25) is 9.69 Å². The minimum Gasteiger partial charge on any atom is -0.289 e. The van der Waals surface area contributed by atoms with Crippen molar-refractivity contribution in [3.63, 3.8) is 0 Å². The van der Waals surface area contributed by atoms with Crippen LogP contribution >= 0.6 is 11.3 Å². The van der Waals surface area contributed by atoms with E-state index in [9.17, 15) is 9.18 Å². The molecule has 0 bridgehead atoms. The lowest BCUT2D eigenvalue weighted by Crippen LogP contribution is -2.25. The van der Waals surface area contributed by atoms with Crippen molar-refractivity contribution in [2.24, 2.45) is 0 Å². The van der Waals surface area contributed by atoms with E-state index in [1.54, 1.807) is 18.2 Å². The van der Waals surface area contributed by atoms with Crippen LogP contribution in [0.1, 0.15) is 40.6 Å². The molecule has 0 saturated heterocycles. The number of nitrogens with zero attached hydrogens (tertiary/aromatic N) is 4. The summed E-state index contributed by atoms with van der Waals surface area (Å²) in [5.41, 5.74) is 2.77. The van der Waals surface area contributed by atoms with Crippen molar-refractivity contribution in [3.05, 3.63) is 98.7 Å². The maximum Gasteiger partial charge on any atom is 0.275 e. The predicted octanol–water partition coefficient (Wildman–Crippen LogP) is 4.37. The second-order valence-electron chi connectivity index (χ2n) is 7.75. The van der Waals surface area contributed by atoms with Gasteiger partial charge in [-0.2, -0.15) is 9.61 Å². The van der Waals surface area contributed by atoms with Gasteiger partial charge in [0, 0.05) is 31.6 Å². The minimum absolute atomic E-state index is 0.139. The molecule has 2 aromatic heterocycles. The average Bonchev–Trinajstić information content (AvgIpc) is 3.50. The Balaban J connectivity index is 1.43. The van der Waals surface area contributed by atoms with Crippen molar-refractivity contribution < 1.29 is 4.39 Å². The first-order valence-electron chi connectivity index (χ1n) is 10.0. The third kappa shape index (κ3) is 4.32. The van der Waals surface area contributed by atoms with E-state index >= 15 is 0 Å². The predicted molar refractivity (Wildman–Crippen MR) is 115 cm³/mol. The zero-order valence-corrected chi connectivity index (χ0v) is 17.2. The van der Waals surface area contributed by atoms with E-state index in [-0.39, 0.29) is 11.4 Å². The fourth-order valence-corrected chi connectivity index (χ4v) is 4.63. The quantitative estimate of drug-likeness (QED) is 0.446. The van der Waals surface area contributed by atoms with Crippen molar-refractivity contribution in [1.82, 2.24) is 19.5 Å². The number of hydrogen-bond acceptors (Lipinski definition) is 5. The molecule has 1 aliphatic carbocycles. The first-order chi connectivity index (χ1) is 14.6. The van der Waals surface area contributed by atoms with Crippen LogP contribution in [0.15, 0.2) is 65.5 Å². The van der Waals surface area contributed by atoms with Crippen molar-refractivity contribution in [2.75, 3.05) is 0 Å². The fraction of sp³-hybridized carbons (Fsp3) is 0.261. The molecule has 7 heteroatoms. The Hall–Kier alpha value is -2.90. The summed E-state index contributed by atoms with van der Waals surface area (Å²) in [6.45, 7) is 1.86. The number of rotatable bonds is 7. The number of benzene rings is 2. The Morgan fingerprint density at radius 2 is 1.70 bits per heavy atom. The van der Waals surface area contributed by atoms with Crippen LogP contribution in [0.5, 0.6) is 0 Å². The molecule has 0 amide bonds. The SMILES string of the molecule is O=c1cc(CN(Cc2ccccc2)Cc2ccc(F)cc2)nc2sc(C3CC3)nn12. The molecule has 1 aliphatic rings. The molecule has 0 spiro atoms. The molecule has 5 rings (SSSR count). The maximum absolute atomic E-state index is 13.3. The number of aromatic nitrogens is 3. The first-order valence-corrected chi connectivity index (χ1v) is 10.9. The van der Waals surface area contributed by atoms with Crippen LogP contribution in [0.3, 0.4) is 0 Å². The molecule has 0 aliphatic heterocycles. The Labute approximate surface area is 177 Å². The van der Waals surface area contributed by atoms with Crippen LogP contribution in [-0.2, 0) is 19.6 Å². The van der Waals surface area contributed by atoms with Crippen LogP contribution < -0.4 is 5.56 Å². The summed E-state index contributed by atoms with van der Waals surface area (Å²) in [6.07, 6.45) is 2.29. The highest BCUT2D eigenvalue weighted by Gasteiger charge is 2.28. The molecule has 2 aromatic carbocycles. The van der Waals surface area contributed by atoms with Crippen molar-refractivity contribution >= 4 is 16.3 Å². The van der Waals surface area contributed by atoms with Crippen LogP contribution in [0.25, 0.3) is 4.96 Å². The zero-order chi connectivity index (χ0) is 20.5. The van der Waals surface area contributed by atoms with Crippen molar-refractivity contribution in [2.45, 2.75) is 38.4 Å². The number of halogens is 1. The Morgan fingerprint density at radius 3 is 2.40 bits per heavy atom. The van der Waals surface area contributed by atoms with Crippen LogP contribution in [-0.4, -0.2) is 19.5 Å². The molecular formula is C23H21FN4OS. The molecule has 30 heavy (non-hydrogen) atoms. The standard InChI is InChI=1S/C23H21FN4OS/c24-19-10-6-17(7-11-19)14-27(13-16-4-2-1-3-5-16)15-20-12-21(29)28-23(25-20)30-22(26-28)18-8-9-18/h1-7,10-12,18H,8-9,13-15H2. The van der Waals surface area contributed by atoms with E-state index in [1.807, 2.05) is 18.2 Å². The normalized spacial score (nSPS) is 13.9. The molecule has 0 N–H and O–H groups in total. The van der Waals surface area contributed by atoms with Crippen molar-refractivity contribution in [3.8, 4) is 0 Å². The molecule has 1 fully saturated rings. The fourth-order valence-electron chi connectivity index (χ4n) is 3.53. The monoisotopic (exact) mass is 420 g/mol. The molecule has 0 radical (unpaired) electrons. The Morgan fingerprint density at radius 1 is 1.00 bits per heavy atom. The third-order valence-electron chi connectivity index (χ3n) is 5.19. The Kier molecular flexibility index (Phi) is 5.14. The lowest BCUT2D eigenvalue weighted by Gasteiger charge is -2.22. The lowest BCUT2D eigenvalue weighted by atomic mass is 10.1. The molecular weight excluding hydrogens is 399 g/mol. The molecule has 0 atom stereocenters. The van der Waals surface area contributed by atoms with E-state index in [4.69, 9.17) is 4.98 Å². The van der Waals surface area contributed by atoms with Gasteiger partial charge in [-0.15, -0.1) is 0 Å². The van der Waals surface area contributed by atoms with Crippen LogP contribution in [0.4, 0.5) is 4.39 Å². The summed E-state index contributed by atoms with van der Waals surface area (Å²) >= 11 is 1.51. The molecule has 5 nitrogen and oxygen atoms in total. The summed E-state index contributed by atoms with van der Waals surface area (Å²) in [6, 6.07) is 18.3. The van der Waals surface area contributed by atoms with Gasteiger partial charge in [-0.25, -0.2) is 9.37 Å². The van der Waals surface area contributed by atoms with Crippen LogP contribution in [0, 0.1) is 5.82 Å². The van der Waals surface area contributed by atoms with Gasteiger partial charge in [0.25, 0.3) is 5.56 Å². The van der Waals surface area contributed by atoms with Gasteiger partial charge in [0.05, 0.1) is 5.69 Å². The zero-order valence-electron chi connectivity index (χ0n) is 16.4. The largest absolute Gasteiger partial charge is 0.289 e. The van der Waals surface area contributed by atoms with E-state index in [1.165, 1.54) is 33.5 Å². The Bertz CT molecular complexity index is 1220. The van der Waals surface area contributed by atoms with Gasteiger partial charge in [-0.1, -0.05) is 53.8 Å². The molecule has 2 heterocycles. The van der Waals surface area contributed by atoms with Gasteiger partial charge in [0.15, 0.2) is 0 Å². The summed E-state index contributed by atoms with van der Waals surface area (Å²) in [7, 11) is 0. The molecule has 4 aromatic rings. The first kappa shape index (κ1) is 19.1. The highest BCUT2D eigenvalue weighted by Crippen LogP contribution is 2.41. The van der Waals surface area contributed by atoms with E-state index in [0.717, 1.165) is 29.1 Å². The number of fused-ring (bicyclic) bond motifs is 1. The van der Waals surface area contributed by atoms with Crippen molar-refractivity contribution in [1.29, 1.82) is 0 Å². The third-order valence-corrected chi connectivity index (χ3v) is 6.27. The second-order valence-corrected chi connectivity index (χ2v) is 8.74. The van der Waals surface area contributed by atoms with Crippen LogP contribution in [0.2, 0.25) is 0 Å². The summed E-state index contributed by atoms with van der Waals surface area (Å²) < 4.78 is 14.7. The van der Waals surface area contributed by atoms with Gasteiger partial charge in [0.1, 0.15) is 10.8 Å². The van der Waals surface area contributed by atoms with Gasteiger partial charge < -0.3 is 0 Å². The van der Waals surface area contributed by atoms with Gasteiger partial charge in [-0.05, 0) is 36.1 Å². The van der Waals surface area contributed by atoms with E-state index in [2.05, 4.69) is 22.1 Å². The second kappa shape index (κ2) is 8.08. The summed E-state index contributed by atoms with van der Waals surface area (Å²) in [5.74, 6) is 0.248. The number of hydrogen-bond donors (Lipinski definition) is 0. The topological polar surface area (TPSA) is 50.5 Å². The highest BCUT2D eigenvalue weighted by atomic mass is 32.1. The average molecular weight is 421 g/mol. The summed E-state index contributed by atoms with van der Waals surface area (Å²) in [4.78, 5) is 20.2. The molecule has 152 valence electrons. The van der Waals surface area contributed by atoms with Gasteiger partial charge in [0.2, 0.25) is 4.96 Å². The maximum atomic E-state index is 13.3. The molecule has 0 unspecified atom stereocenters. The minimum atomic E-state index is -0.245. The van der Waals surface area contributed by atoms with E-state index in [0.29, 0.717) is 30.5 Å². The van der Waals surface area contributed by atoms with Gasteiger partial charge >= 0.3 is 0 Å². The lowest BCUT2D eigenvalue weighted by molar-refractivity contribution is 0.244. The van der Waals surface area contributed by atoms with E-state index < -0.39 is 0 Å².